The molecule has 1 radical (unpaired) electrons. The van der Waals surface area contributed by atoms with Crippen molar-refractivity contribution in [2.75, 3.05) is 0 Å². The van der Waals surface area contributed by atoms with Gasteiger partial charge in [0, 0.05) is 0 Å². The van der Waals surface area contributed by atoms with Crippen LogP contribution in [0.2, 0.25) is 0 Å². The molecule has 1 rings (SSSR count). The molecule has 1 aromatic heterocycles. The molecule has 0 aliphatic rings. The monoisotopic (exact) mass is 101 g/mol. The third kappa shape index (κ3) is 0.734. The van der Waals surface area contributed by atoms with Crippen LogP contribution in [-0.2, 0) is 6.67 Å². The van der Waals surface area contributed by atoms with Crippen molar-refractivity contribution in [3.05, 3.63) is 12.2 Å². The van der Waals surface area contributed by atoms with Gasteiger partial charge >= 0.3 is 0 Å². The number of aromatic nitrogens is 2. The minimum Gasteiger partial charge on any atom is -0.336 e. The second-order valence-electron chi connectivity index (χ2n) is 0.922. The molecule has 1 heterocycles. The lowest BCUT2D eigenvalue weighted by Gasteiger charge is -1.71. The summed E-state index contributed by atoms with van der Waals surface area (Å²) in [5.41, 5.74) is 0. The van der Waals surface area contributed by atoms with E-state index in [1.807, 2.05) is 0 Å². The fourth-order valence-electron chi connectivity index (χ4n) is 0.224. The molecule has 0 fully saturated rings. The molecule has 3 nitrogen and oxygen atoms in total. The molecule has 0 aromatic carbocycles. The average Bonchev–Trinajstić information content (AvgIpc) is 2.14. The van der Waals surface area contributed by atoms with Crippen molar-refractivity contribution < 1.29 is 8.91 Å². The SMILES string of the molecule is FCc1n[c]no1. The van der Waals surface area contributed by atoms with Crippen molar-refractivity contribution in [3.8, 4) is 0 Å². The topological polar surface area (TPSA) is 38.9 Å². The molecule has 4 heteroatoms. The minimum absolute atomic E-state index is 0.0278. The summed E-state index contributed by atoms with van der Waals surface area (Å²) in [6.07, 6.45) is 2.07. The molecule has 0 bridgehead atoms. The first-order valence-corrected chi connectivity index (χ1v) is 1.68. The van der Waals surface area contributed by atoms with E-state index >= 15 is 0 Å². The van der Waals surface area contributed by atoms with Crippen molar-refractivity contribution in [2.24, 2.45) is 0 Å². The van der Waals surface area contributed by atoms with Crippen LogP contribution in [0.4, 0.5) is 4.39 Å². The molecule has 7 heavy (non-hydrogen) atoms. The van der Waals surface area contributed by atoms with Crippen LogP contribution in [0.15, 0.2) is 4.52 Å². The molecule has 0 saturated carbocycles. The zero-order chi connectivity index (χ0) is 5.11. The lowest BCUT2D eigenvalue weighted by molar-refractivity contribution is 0.322. The van der Waals surface area contributed by atoms with Gasteiger partial charge in [0.1, 0.15) is 0 Å². The van der Waals surface area contributed by atoms with E-state index in [0.29, 0.717) is 0 Å². The molecule has 0 N–H and O–H groups in total. The highest BCUT2D eigenvalue weighted by Crippen LogP contribution is 1.89. The summed E-state index contributed by atoms with van der Waals surface area (Å²) >= 11 is 0. The maximum absolute atomic E-state index is 11.3. The van der Waals surface area contributed by atoms with Crippen molar-refractivity contribution in [1.29, 1.82) is 0 Å². The Morgan fingerprint density at radius 1 is 1.86 bits per heavy atom. The first-order chi connectivity index (χ1) is 3.43. The van der Waals surface area contributed by atoms with Gasteiger partial charge in [-0.2, -0.15) is 4.98 Å². The quantitative estimate of drug-likeness (QED) is 0.512. The van der Waals surface area contributed by atoms with Crippen LogP contribution in [0.3, 0.4) is 0 Å². The standard InChI is InChI=1S/C3H2FN2O/c4-1-3-5-2-6-7-3/h1H2. The average molecular weight is 101 g/mol. The Morgan fingerprint density at radius 2 is 2.71 bits per heavy atom. The maximum Gasteiger partial charge on any atom is 0.258 e. The first kappa shape index (κ1) is 4.23. The van der Waals surface area contributed by atoms with Crippen molar-refractivity contribution in [2.45, 2.75) is 6.67 Å². The lowest BCUT2D eigenvalue weighted by atomic mass is 10.8. The summed E-state index contributed by atoms with van der Waals surface area (Å²) in [7, 11) is 0. The second-order valence-corrected chi connectivity index (χ2v) is 0.922. The third-order valence-corrected chi connectivity index (χ3v) is 0.481. The Bertz CT molecular complexity index is 127. The molecule has 0 unspecified atom stereocenters. The smallest absolute Gasteiger partial charge is 0.258 e. The molecule has 1 aromatic rings. The molecule has 0 amide bonds. The van der Waals surface area contributed by atoms with Gasteiger partial charge in [-0.15, -0.1) is 0 Å². The van der Waals surface area contributed by atoms with Crippen LogP contribution in [0.5, 0.6) is 0 Å². The first-order valence-electron chi connectivity index (χ1n) is 1.68. The molecule has 0 aliphatic heterocycles. The number of rotatable bonds is 1. The number of hydrogen-bond acceptors (Lipinski definition) is 3. The number of halogens is 1. The van der Waals surface area contributed by atoms with Crippen LogP contribution < -0.4 is 0 Å². The summed E-state index contributed by atoms with van der Waals surface area (Å²) in [5.74, 6) is -0.0278. The van der Waals surface area contributed by atoms with Gasteiger partial charge in [-0.25, -0.2) is 4.39 Å². The Hall–Kier alpha value is -0.930. The van der Waals surface area contributed by atoms with E-state index < -0.39 is 6.67 Å². The van der Waals surface area contributed by atoms with E-state index in [1.54, 1.807) is 0 Å². The Kier molecular flexibility index (Phi) is 1.02. The van der Waals surface area contributed by atoms with Crippen molar-refractivity contribution in [1.82, 2.24) is 10.1 Å². The highest BCUT2D eigenvalue weighted by atomic mass is 19.1. The van der Waals surface area contributed by atoms with Gasteiger partial charge in [-0.3, -0.25) is 0 Å². The van der Waals surface area contributed by atoms with Gasteiger partial charge in [0.15, 0.2) is 6.67 Å². The summed E-state index contributed by atoms with van der Waals surface area (Å²) < 4.78 is 15.5. The van der Waals surface area contributed by atoms with Gasteiger partial charge < -0.3 is 4.52 Å². The van der Waals surface area contributed by atoms with Gasteiger partial charge in [0.05, 0.1) is 0 Å². The molecule has 0 saturated heterocycles. The summed E-state index contributed by atoms with van der Waals surface area (Å²) in [6, 6.07) is 0. The fourth-order valence-corrected chi connectivity index (χ4v) is 0.224. The molecule has 37 valence electrons. The molecular weight excluding hydrogens is 99.0 g/mol. The van der Waals surface area contributed by atoms with Crippen LogP contribution in [0.1, 0.15) is 5.89 Å². The second kappa shape index (κ2) is 1.68. The fraction of sp³-hybridized carbons (Fsp3) is 0.333. The minimum atomic E-state index is -0.712. The van der Waals surface area contributed by atoms with Crippen LogP contribution in [0, 0.1) is 6.33 Å². The normalized spacial score (nSPS) is 9.29. The van der Waals surface area contributed by atoms with E-state index in [9.17, 15) is 4.39 Å². The Labute approximate surface area is 39.1 Å². The van der Waals surface area contributed by atoms with Crippen LogP contribution in [-0.4, -0.2) is 10.1 Å². The van der Waals surface area contributed by atoms with E-state index in [4.69, 9.17) is 0 Å². The van der Waals surface area contributed by atoms with E-state index in [2.05, 4.69) is 21.0 Å². The van der Waals surface area contributed by atoms with Gasteiger partial charge in [0.25, 0.3) is 5.89 Å². The van der Waals surface area contributed by atoms with Gasteiger partial charge in [-0.05, 0) is 0 Å². The number of hydrogen-bond donors (Lipinski definition) is 0. The summed E-state index contributed by atoms with van der Waals surface area (Å²) in [4.78, 5) is 3.26. The van der Waals surface area contributed by atoms with Crippen LogP contribution >= 0.6 is 0 Å². The summed E-state index contributed by atoms with van der Waals surface area (Å²) in [6.45, 7) is -0.712. The van der Waals surface area contributed by atoms with Crippen LogP contribution in [0.25, 0.3) is 0 Å². The largest absolute Gasteiger partial charge is 0.336 e. The highest BCUT2D eigenvalue weighted by molar-refractivity contribution is 4.65. The van der Waals surface area contributed by atoms with E-state index in [1.165, 1.54) is 0 Å². The zero-order valence-electron chi connectivity index (χ0n) is 3.39. The molecule has 0 aliphatic carbocycles. The maximum atomic E-state index is 11.3. The highest BCUT2D eigenvalue weighted by Gasteiger charge is 1.92. The number of alkyl halides is 1. The predicted molar refractivity (Wildman–Crippen MR) is 17.9 cm³/mol. The van der Waals surface area contributed by atoms with Crippen molar-refractivity contribution in [3.63, 3.8) is 0 Å². The molecule has 0 spiro atoms. The molecule has 0 atom stereocenters. The Morgan fingerprint density at radius 3 is 3.00 bits per heavy atom. The summed E-state index contributed by atoms with van der Waals surface area (Å²) in [5, 5.41) is 3.04. The lowest BCUT2D eigenvalue weighted by Crippen LogP contribution is -1.71. The van der Waals surface area contributed by atoms with Gasteiger partial charge in [0.2, 0.25) is 6.33 Å². The van der Waals surface area contributed by atoms with E-state index in [-0.39, 0.29) is 5.89 Å². The predicted octanol–water partition coefficient (Wildman–Crippen LogP) is 0.339. The number of nitrogens with zero attached hydrogens (tertiary/aromatic N) is 2. The van der Waals surface area contributed by atoms with Crippen molar-refractivity contribution >= 4 is 0 Å². The molecular formula is C3H2FN2O. The third-order valence-electron chi connectivity index (χ3n) is 0.481. The zero-order valence-corrected chi connectivity index (χ0v) is 3.39. The Balaban J connectivity index is 2.76. The van der Waals surface area contributed by atoms with E-state index in [0.717, 1.165) is 0 Å². The van der Waals surface area contributed by atoms with Gasteiger partial charge in [-0.1, -0.05) is 5.16 Å².